The molecule has 2 aromatic rings. The third-order valence-electron chi connectivity index (χ3n) is 8.06. The molecular formula is C29H42N2O5. The molecule has 2 aliphatic rings. The van der Waals surface area contributed by atoms with E-state index in [1.165, 1.54) is 5.56 Å². The number of hydrogen-bond donors (Lipinski definition) is 1. The molecule has 2 heterocycles. The number of phenolic OH excluding ortho intramolecular Hbond substituents is 1. The van der Waals surface area contributed by atoms with Gasteiger partial charge in [0.25, 0.3) is 0 Å². The molecule has 1 unspecified atom stereocenters. The second-order valence-corrected chi connectivity index (χ2v) is 10.5. The number of piperazine rings is 1. The van der Waals surface area contributed by atoms with Gasteiger partial charge >= 0.3 is 0 Å². The lowest BCUT2D eigenvalue weighted by molar-refractivity contribution is 0.0866. The van der Waals surface area contributed by atoms with E-state index < -0.39 is 0 Å². The van der Waals surface area contributed by atoms with Crippen molar-refractivity contribution in [1.82, 2.24) is 9.80 Å². The number of aromatic hydroxyl groups is 1. The van der Waals surface area contributed by atoms with E-state index in [-0.39, 0.29) is 5.60 Å². The number of ether oxygens (including phenoxy) is 4. The van der Waals surface area contributed by atoms with Crippen LogP contribution in [-0.2, 0) is 13.0 Å². The van der Waals surface area contributed by atoms with E-state index >= 15 is 0 Å². The third-order valence-corrected chi connectivity index (χ3v) is 8.06. The average Bonchev–Trinajstić information content (AvgIpc) is 3.24. The summed E-state index contributed by atoms with van der Waals surface area (Å²) < 4.78 is 23.1. The van der Waals surface area contributed by atoms with Crippen molar-refractivity contribution in [2.24, 2.45) is 0 Å². The van der Waals surface area contributed by atoms with Gasteiger partial charge in [0, 0.05) is 50.3 Å². The highest BCUT2D eigenvalue weighted by Gasteiger charge is 2.38. The molecule has 0 aliphatic carbocycles. The standard InChI is InChI=1S/C29H42N2O5/c1-19-20(2)26-23(21(3)25(19)32)17-29(4,36-26)11-8-12-30-13-15-31(16-14-30)18-22-9-10-24(33-5)28(35-7)27(22)34-6/h9-10,32H,8,11-18H2,1-7H3. The molecule has 1 fully saturated rings. The predicted molar refractivity (Wildman–Crippen MR) is 142 cm³/mol. The molecule has 1 N–H and O–H groups in total. The molecule has 198 valence electrons. The van der Waals surface area contributed by atoms with E-state index in [4.69, 9.17) is 18.9 Å². The number of phenols is 1. The number of benzene rings is 2. The maximum Gasteiger partial charge on any atom is 0.203 e. The van der Waals surface area contributed by atoms with Crippen molar-refractivity contribution in [2.75, 3.05) is 54.1 Å². The van der Waals surface area contributed by atoms with Gasteiger partial charge in [-0.3, -0.25) is 4.90 Å². The summed E-state index contributed by atoms with van der Waals surface area (Å²) in [6.45, 7) is 14.3. The molecule has 1 saturated heterocycles. The summed E-state index contributed by atoms with van der Waals surface area (Å²) in [7, 11) is 4.96. The van der Waals surface area contributed by atoms with Crippen LogP contribution in [0.3, 0.4) is 0 Å². The maximum absolute atomic E-state index is 10.5. The second kappa shape index (κ2) is 10.8. The van der Waals surface area contributed by atoms with Gasteiger partial charge < -0.3 is 29.0 Å². The number of methoxy groups -OCH3 is 3. The van der Waals surface area contributed by atoms with Crippen molar-refractivity contribution in [2.45, 2.75) is 59.1 Å². The molecule has 2 aliphatic heterocycles. The van der Waals surface area contributed by atoms with E-state index in [9.17, 15) is 5.11 Å². The topological polar surface area (TPSA) is 63.6 Å². The summed E-state index contributed by atoms with van der Waals surface area (Å²) in [6.07, 6.45) is 2.96. The smallest absolute Gasteiger partial charge is 0.203 e. The first kappa shape index (κ1) is 26.4. The first-order valence-electron chi connectivity index (χ1n) is 12.9. The molecule has 2 aromatic carbocycles. The van der Waals surface area contributed by atoms with E-state index in [0.717, 1.165) is 92.3 Å². The molecule has 0 saturated carbocycles. The van der Waals surface area contributed by atoms with Gasteiger partial charge in [-0.15, -0.1) is 0 Å². The lowest BCUT2D eigenvalue weighted by atomic mass is 9.90. The zero-order valence-electron chi connectivity index (χ0n) is 23.0. The minimum atomic E-state index is -0.204. The molecule has 4 rings (SSSR count). The van der Waals surface area contributed by atoms with Crippen LogP contribution < -0.4 is 18.9 Å². The Morgan fingerprint density at radius 2 is 1.56 bits per heavy atom. The molecule has 7 heteroatoms. The highest BCUT2D eigenvalue weighted by Crippen LogP contribution is 2.46. The van der Waals surface area contributed by atoms with Gasteiger partial charge in [0.2, 0.25) is 5.75 Å². The Bertz CT molecular complexity index is 1060. The Hall–Kier alpha value is -2.64. The van der Waals surface area contributed by atoms with Gasteiger partial charge in [-0.25, -0.2) is 0 Å². The highest BCUT2D eigenvalue weighted by atomic mass is 16.5. The second-order valence-electron chi connectivity index (χ2n) is 10.5. The van der Waals surface area contributed by atoms with Crippen LogP contribution in [0.25, 0.3) is 0 Å². The minimum absolute atomic E-state index is 0.204. The molecule has 0 radical (unpaired) electrons. The zero-order chi connectivity index (χ0) is 26.0. The van der Waals surface area contributed by atoms with Gasteiger partial charge in [0.05, 0.1) is 21.3 Å². The lowest BCUT2D eigenvalue weighted by Crippen LogP contribution is -2.46. The van der Waals surface area contributed by atoms with Crippen LogP contribution in [0.1, 0.15) is 47.6 Å². The van der Waals surface area contributed by atoms with E-state index in [0.29, 0.717) is 17.2 Å². The van der Waals surface area contributed by atoms with Crippen molar-refractivity contribution in [1.29, 1.82) is 0 Å². The number of nitrogens with zero attached hydrogens (tertiary/aromatic N) is 2. The Kier molecular flexibility index (Phi) is 7.90. The van der Waals surface area contributed by atoms with Crippen molar-refractivity contribution < 1.29 is 24.1 Å². The number of rotatable bonds is 9. The summed E-state index contributed by atoms with van der Waals surface area (Å²) in [5.74, 6) is 3.49. The molecule has 36 heavy (non-hydrogen) atoms. The van der Waals surface area contributed by atoms with Gasteiger partial charge in [0.15, 0.2) is 11.5 Å². The summed E-state index contributed by atoms with van der Waals surface area (Å²) in [4.78, 5) is 5.03. The van der Waals surface area contributed by atoms with Gasteiger partial charge in [-0.1, -0.05) is 6.07 Å². The van der Waals surface area contributed by atoms with Gasteiger partial charge in [-0.05, 0) is 69.8 Å². The van der Waals surface area contributed by atoms with Crippen LogP contribution in [0, 0.1) is 20.8 Å². The van der Waals surface area contributed by atoms with Gasteiger partial charge in [0.1, 0.15) is 17.1 Å². The number of hydrogen-bond acceptors (Lipinski definition) is 7. The van der Waals surface area contributed by atoms with Crippen LogP contribution in [0.5, 0.6) is 28.7 Å². The van der Waals surface area contributed by atoms with Crippen LogP contribution >= 0.6 is 0 Å². The fourth-order valence-electron chi connectivity index (χ4n) is 5.69. The first-order chi connectivity index (χ1) is 17.2. The summed E-state index contributed by atoms with van der Waals surface area (Å²) in [6, 6.07) is 4.01. The van der Waals surface area contributed by atoms with Crippen molar-refractivity contribution in [3.63, 3.8) is 0 Å². The summed E-state index contributed by atoms with van der Waals surface area (Å²) in [5.41, 5.74) is 5.06. The van der Waals surface area contributed by atoms with Crippen LogP contribution in [0.2, 0.25) is 0 Å². The largest absolute Gasteiger partial charge is 0.507 e. The van der Waals surface area contributed by atoms with E-state index in [1.54, 1.807) is 21.3 Å². The minimum Gasteiger partial charge on any atom is -0.507 e. The molecule has 1 atom stereocenters. The van der Waals surface area contributed by atoms with Crippen molar-refractivity contribution in [3.05, 3.63) is 39.9 Å². The van der Waals surface area contributed by atoms with Crippen LogP contribution in [0.15, 0.2) is 12.1 Å². The van der Waals surface area contributed by atoms with Crippen molar-refractivity contribution in [3.8, 4) is 28.7 Å². The van der Waals surface area contributed by atoms with Crippen LogP contribution in [-0.4, -0.2) is 74.6 Å². The highest BCUT2D eigenvalue weighted by molar-refractivity contribution is 5.59. The molecule has 7 nitrogen and oxygen atoms in total. The average molecular weight is 499 g/mol. The van der Waals surface area contributed by atoms with E-state index in [2.05, 4.69) is 29.7 Å². The SMILES string of the molecule is COc1ccc(CN2CCN(CCCC3(C)Cc4c(C)c(O)c(C)c(C)c4O3)CC2)c(OC)c1OC. The van der Waals surface area contributed by atoms with Crippen LogP contribution in [0.4, 0.5) is 0 Å². The van der Waals surface area contributed by atoms with Crippen molar-refractivity contribution >= 4 is 0 Å². The summed E-state index contributed by atoms with van der Waals surface area (Å²) >= 11 is 0. The predicted octanol–water partition coefficient (Wildman–Crippen LogP) is 4.63. The number of fused-ring (bicyclic) bond motifs is 1. The molecule has 0 spiro atoms. The Morgan fingerprint density at radius 1 is 0.889 bits per heavy atom. The molecular weight excluding hydrogens is 456 g/mol. The molecule has 0 bridgehead atoms. The molecule has 0 amide bonds. The Morgan fingerprint density at radius 3 is 2.19 bits per heavy atom. The third kappa shape index (κ3) is 5.09. The normalized spacial score (nSPS) is 20.2. The zero-order valence-corrected chi connectivity index (χ0v) is 23.0. The Labute approximate surface area is 215 Å². The fraction of sp³-hybridized carbons (Fsp3) is 0.586. The quantitative estimate of drug-likeness (QED) is 0.541. The Balaban J connectivity index is 1.28. The molecule has 0 aromatic heterocycles. The summed E-state index contributed by atoms with van der Waals surface area (Å²) in [5, 5.41) is 10.5. The monoisotopic (exact) mass is 498 g/mol. The fourth-order valence-corrected chi connectivity index (χ4v) is 5.69. The van der Waals surface area contributed by atoms with E-state index in [1.807, 2.05) is 19.9 Å². The first-order valence-corrected chi connectivity index (χ1v) is 12.9. The lowest BCUT2D eigenvalue weighted by Gasteiger charge is -2.35. The van der Waals surface area contributed by atoms with Gasteiger partial charge in [-0.2, -0.15) is 0 Å². The maximum atomic E-state index is 10.5.